The number of aryl methyl sites for hydroxylation is 1. The summed E-state index contributed by atoms with van der Waals surface area (Å²) in [6.07, 6.45) is 0. The lowest BCUT2D eigenvalue weighted by molar-refractivity contribution is 0.309. The Bertz CT molecular complexity index is 462. The average Bonchev–Trinajstić information content (AvgIpc) is 2.80. The summed E-state index contributed by atoms with van der Waals surface area (Å²) in [4.78, 5) is 2.24. The van der Waals surface area contributed by atoms with Crippen molar-refractivity contribution in [2.75, 3.05) is 18.0 Å². The zero-order valence-corrected chi connectivity index (χ0v) is 11.7. The van der Waals surface area contributed by atoms with E-state index in [0.29, 0.717) is 5.41 Å². The molecule has 1 saturated heterocycles. The predicted octanol–water partition coefficient (Wildman–Crippen LogP) is 3.86. The van der Waals surface area contributed by atoms with Crippen molar-refractivity contribution < 1.29 is 4.39 Å². The molecular weight excluding hydrogens is 225 g/mol. The number of benzene rings is 1. The van der Waals surface area contributed by atoms with Crippen LogP contribution in [0.15, 0.2) is 18.2 Å². The first-order valence-corrected chi connectivity index (χ1v) is 6.89. The van der Waals surface area contributed by atoms with Crippen LogP contribution in [0.1, 0.15) is 26.3 Å². The molecule has 0 spiro atoms. The van der Waals surface area contributed by atoms with E-state index in [0.717, 1.165) is 42.1 Å². The van der Waals surface area contributed by atoms with Crippen LogP contribution in [0.5, 0.6) is 0 Å². The molecule has 1 aliphatic heterocycles. The number of nitrogens with zero attached hydrogens (tertiary/aromatic N) is 1. The van der Waals surface area contributed by atoms with Crippen molar-refractivity contribution in [3.8, 4) is 0 Å². The van der Waals surface area contributed by atoms with Gasteiger partial charge in [0, 0.05) is 13.1 Å². The average molecular weight is 247 g/mol. The second-order valence-corrected chi connectivity index (χ2v) is 7.08. The van der Waals surface area contributed by atoms with Crippen LogP contribution in [0.25, 0.3) is 0 Å². The molecular formula is C16H22FN. The minimum absolute atomic E-state index is 0.0748. The zero-order valence-electron chi connectivity index (χ0n) is 11.7. The summed E-state index contributed by atoms with van der Waals surface area (Å²) in [6.45, 7) is 11.1. The SMILES string of the molecule is Cc1ccc(F)c(N2CC3C(C2)C3C(C)(C)C)c1. The summed E-state index contributed by atoms with van der Waals surface area (Å²) in [5.74, 6) is 2.32. The second-order valence-electron chi connectivity index (χ2n) is 7.08. The number of halogens is 1. The largest absolute Gasteiger partial charge is 0.369 e. The topological polar surface area (TPSA) is 3.24 Å². The van der Waals surface area contributed by atoms with Gasteiger partial charge in [-0.15, -0.1) is 0 Å². The minimum atomic E-state index is -0.0748. The van der Waals surface area contributed by atoms with Gasteiger partial charge in [-0.3, -0.25) is 0 Å². The van der Waals surface area contributed by atoms with E-state index in [-0.39, 0.29) is 5.82 Å². The van der Waals surface area contributed by atoms with Crippen LogP contribution >= 0.6 is 0 Å². The highest BCUT2D eigenvalue weighted by atomic mass is 19.1. The Morgan fingerprint density at radius 3 is 2.33 bits per heavy atom. The third kappa shape index (κ3) is 1.82. The van der Waals surface area contributed by atoms with Crippen molar-refractivity contribution in [1.82, 2.24) is 0 Å². The third-order valence-corrected chi connectivity index (χ3v) is 4.64. The minimum Gasteiger partial charge on any atom is -0.369 e. The van der Waals surface area contributed by atoms with Crippen LogP contribution in [-0.2, 0) is 0 Å². The molecule has 2 fully saturated rings. The molecule has 1 saturated carbocycles. The molecule has 2 heteroatoms. The first kappa shape index (κ1) is 12.0. The number of piperidine rings is 1. The fraction of sp³-hybridized carbons (Fsp3) is 0.625. The molecule has 98 valence electrons. The monoisotopic (exact) mass is 247 g/mol. The van der Waals surface area contributed by atoms with Crippen LogP contribution in [0, 0.1) is 35.9 Å². The van der Waals surface area contributed by atoms with Gasteiger partial charge in [-0.25, -0.2) is 4.39 Å². The molecule has 1 heterocycles. The highest BCUT2D eigenvalue weighted by molar-refractivity contribution is 5.52. The summed E-state index contributed by atoms with van der Waals surface area (Å²) in [5.41, 5.74) is 2.35. The van der Waals surface area contributed by atoms with Gasteiger partial charge in [0.25, 0.3) is 0 Å². The van der Waals surface area contributed by atoms with Gasteiger partial charge >= 0.3 is 0 Å². The van der Waals surface area contributed by atoms with Crippen molar-refractivity contribution in [2.24, 2.45) is 23.2 Å². The van der Waals surface area contributed by atoms with Crippen molar-refractivity contribution in [3.63, 3.8) is 0 Å². The Labute approximate surface area is 109 Å². The van der Waals surface area contributed by atoms with Crippen LogP contribution in [0.3, 0.4) is 0 Å². The van der Waals surface area contributed by atoms with E-state index in [1.165, 1.54) is 0 Å². The van der Waals surface area contributed by atoms with Crippen LogP contribution in [0.2, 0.25) is 0 Å². The molecule has 0 bridgehead atoms. The summed E-state index contributed by atoms with van der Waals surface area (Å²) in [5, 5.41) is 0. The molecule has 0 N–H and O–H groups in total. The maximum Gasteiger partial charge on any atom is 0.146 e. The highest BCUT2D eigenvalue weighted by Gasteiger charge is 2.59. The van der Waals surface area contributed by atoms with Gasteiger partial charge in [-0.2, -0.15) is 0 Å². The lowest BCUT2D eigenvalue weighted by atomic mass is 9.87. The van der Waals surface area contributed by atoms with Gasteiger partial charge in [0.1, 0.15) is 5.82 Å². The van der Waals surface area contributed by atoms with Gasteiger partial charge in [-0.05, 0) is 47.8 Å². The van der Waals surface area contributed by atoms with Crippen LogP contribution in [0.4, 0.5) is 10.1 Å². The zero-order chi connectivity index (χ0) is 13.1. The highest BCUT2D eigenvalue weighted by Crippen LogP contribution is 2.60. The molecule has 1 aromatic rings. The number of rotatable bonds is 1. The first-order valence-electron chi connectivity index (χ1n) is 6.89. The summed E-state index contributed by atoms with van der Waals surface area (Å²) >= 11 is 0. The fourth-order valence-electron chi connectivity index (χ4n) is 3.87. The Hall–Kier alpha value is -1.05. The smallest absolute Gasteiger partial charge is 0.146 e. The molecule has 1 aliphatic carbocycles. The van der Waals surface area contributed by atoms with Crippen molar-refractivity contribution in [3.05, 3.63) is 29.6 Å². The lowest BCUT2D eigenvalue weighted by Crippen LogP contribution is -2.28. The molecule has 0 radical (unpaired) electrons. The predicted molar refractivity (Wildman–Crippen MR) is 73.3 cm³/mol. The lowest BCUT2D eigenvalue weighted by Gasteiger charge is -2.27. The van der Waals surface area contributed by atoms with Gasteiger partial charge in [0.15, 0.2) is 0 Å². The van der Waals surface area contributed by atoms with Crippen LogP contribution in [-0.4, -0.2) is 13.1 Å². The van der Waals surface area contributed by atoms with E-state index in [1.54, 1.807) is 6.07 Å². The Morgan fingerprint density at radius 1 is 1.17 bits per heavy atom. The number of hydrogen-bond donors (Lipinski definition) is 0. The van der Waals surface area contributed by atoms with E-state index in [2.05, 4.69) is 25.7 Å². The van der Waals surface area contributed by atoms with E-state index in [1.807, 2.05) is 19.1 Å². The van der Waals surface area contributed by atoms with Gasteiger partial charge in [0.2, 0.25) is 0 Å². The number of hydrogen-bond acceptors (Lipinski definition) is 1. The summed E-state index contributed by atoms with van der Waals surface area (Å²) in [7, 11) is 0. The van der Waals surface area contributed by atoms with E-state index in [4.69, 9.17) is 0 Å². The normalized spacial score (nSPS) is 30.5. The van der Waals surface area contributed by atoms with Crippen molar-refractivity contribution in [1.29, 1.82) is 0 Å². The van der Waals surface area contributed by atoms with Crippen LogP contribution < -0.4 is 4.90 Å². The maximum atomic E-state index is 13.9. The molecule has 0 aromatic heterocycles. The molecule has 2 atom stereocenters. The Morgan fingerprint density at radius 2 is 1.78 bits per heavy atom. The third-order valence-electron chi connectivity index (χ3n) is 4.64. The molecule has 2 aliphatic rings. The Kier molecular flexibility index (Phi) is 2.48. The number of anilines is 1. The molecule has 2 unspecified atom stereocenters. The standard InChI is InChI=1S/C16H22FN/c1-10-5-6-13(17)14(7-10)18-8-11-12(9-18)15(11)16(2,3)4/h5-7,11-12,15H,8-9H2,1-4H3. The summed E-state index contributed by atoms with van der Waals surface area (Å²) in [6, 6.07) is 5.41. The van der Waals surface area contributed by atoms with Gasteiger partial charge in [0.05, 0.1) is 5.69 Å². The summed E-state index contributed by atoms with van der Waals surface area (Å²) < 4.78 is 13.9. The Balaban J connectivity index is 1.75. The van der Waals surface area contributed by atoms with Crippen molar-refractivity contribution >= 4 is 5.69 Å². The molecule has 1 aromatic carbocycles. The fourth-order valence-corrected chi connectivity index (χ4v) is 3.87. The molecule has 18 heavy (non-hydrogen) atoms. The van der Waals surface area contributed by atoms with E-state index >= 15 is 0 Å². The molecule has 0 amide bonds. The van der Waals surface area contributed by atoms with Crippen molar-refractivity contribution in [2.45, 2.75) is 27.7 Å². The number of fused-ring (bicyclic) bond motifs is 1. The molecule has 1 nitrogen and oxygen atoms in total. The maximum absolute atomic E-state index is 13.9. The van der Waals surface area contributed by atoms with Gasteiger partial charge in [-0.1, -0.05) is 26.8 Å². The van der Waals surface area contributed by atoms with E-state index in [9.17, 15) is 4.39 Å². The quantitative estimate of drug-likeness (QED) is 0.728. The molecule has 3 rings (SSSR count). The first-order chi connectivity index (χ1) is 8.38. The van der Waals surface area contributed by atoms with Gasteiger partial charge < -0.3 is 4.90 Å². The van der Waals surface area contributed by atoms with E-state index < -0.39 is 0 Å². The second kappa shape index (κ2) is 3.72.